The first-order valence-electron chi connectivity index (χ1n) is 8.05. The monoisotopic (exact) mass is 320 g/mol. The average molecular weight is 320 g/mol. The van der Waals surface area contributed by atoms with E-state index >= 15 is 0 Å². The molecule has 1 aliphatic heterocycles. The number of hydrogen-bond donors (Lipinski definition) is 0. The minimum Gasteiger partial charge on any atom is -0.484 e. The van der Waals surface area contributed by atoms with Gasteiger partial charge in [-0.2, -0.15) is 0 Å². The summed E-state index contributed by atoms with van der Waals surface area (Å²) in [6.07, 6.45) is 0.663. The molecule has 1 heterocycles. The second kappa shape index (κ2) is 8.41. The van der Waals surface area contributed by atoms with E-state index in [2.05, 4.69) is 6.92 Å². The van der Waals surface area contributed by atoms with Crippen LogP contribution >= 0.6 is 0 Å². The van der Waals surface area contributed by atoms with Crippen molar-refractivity contribution < 1.29 is 19.1 Å². The molecule has 6 nitrogen and oxygen atoms in total. The highest BCUT2D eigenvalue weighted by Crippen LogP contribution is 2.13. The van der Waals surface area contributed by atoms with Crippen LogP contribution in [0.3, 0.4) is 0 Å². The zero-order valence-electron chi connectivity index (χ0n) is 13.8. The minimum absolute atomic E-state index is 0.0187. The molecule has 2 amide bonds. The standard InChI is InChI=1S/C17H24N2O4/c1-3-14-5-7-15(8-6-14)23-13-16(20)18-9-11-19(12-10-18)17(21)22-4-2/h5-8H,3-4,9-13H2,1-2H3. The van der Waals surface area contributed by atoms with Gasteiger partial charge in [-0.25, -0.2) is 4.79 Å². The van der Waals surface area contributed by atoms with Crippen molar-refractivity contribution >= 4 is 12.0 Å². The van der Waals surface area contributed by atoms with Crippen LogP contribution in [0.4, 0.5) is 4.79 Å². The van der Waals surface area contributed by atoms with E-state index in [0.717, 1.165) is 6.42 Å². The predicted octanol–water partition coefficient (Wildman–Crippen LogP) is 1.93. The Morgan fingerprint density at radius 1 is 1.00 bits per heavy atom. The number of carbonyl (C=O) groups is 2. The number of hydrogen-bond acceptors (Lipinski definition) is 4. The van der Waals surface area contributed by atoms with Crippen LogP contribution in [-0.4, -0.2) is 61.2 Å². The third-order valence-electron chi connectivity index (χ3n) is 3.85. The maximum atomic E-state index is 12.2. The summed E-state index contributed by atoms with van der Waals surface area (Å²) in [5, 5.41) is 0. The van der Waals surface area contributed by atoms with Gasteiger partial charge in [-0.3, -0.25) is 4.79 Å². The van der Waals surface area contributed by atoms with Crippen molar-refractivity contribution in [2.75, 3.05) is 39.4 Å². The fraction of sp³-hybridized carbons (Fsp3) is 0.529. The Morgan fingerprint density at radius 2 is 1.61 bits per heavy atom. The molecule has 6 heteroatoms. The zero-order chi connectivity index (χ0) is 16.7. The van der Waals surface area contributed by atoms with E-state index in [4.69, 9.17) is 9.47 Å². The summed E-state index contributed by atoms with van der Waals surface area (Å²) >= 11 is 0. The molecule has 126 valence electrons. The Morgan fingerprint density at radius 3 is 2.17 bits per heavy atom. The summed E-state index contributed by atoms with van der Waals surface area (Å²) < 4.78 is 10.5. The maximum Gasteiger partial charge on any atom is 0.409 e. The molecule has 1 aromatic rings. The lowest BCUT2D eigenvalue weighted by Crippen LogP contribution is -2.51. The second-order valence-corrected chi connectivity index (χ2v) is 5.35. The fourth-order valence-corrected chi connectivity index (χ4v) is 2.41. The van der Waals surface area contributed by atoms with Crippen molar-refractivity contribution in [3.05, 3.63) is 29.8 Å². The molecule has 1 saturated heterocycles. The summed E-state index contributed by atoms with van der Waals surface area (Å²) in [6.45, 7) is 6.27. The molecule has 1 fully saturated rings. The lowest BCUT2D eigenvalue weighted by molar-refractivity contribution is -0.134. The molecule has 0 atom stereocenters. The number of nitrogens with zero attached hydrogens (tertiary/aromatic N) is 2. The van der Waals surface area contributed by atoms with Crippen molar-refractivity contribution in [2.45, 2.75) is 20.3 Å². The van der Waals surface area contributed by atoms with Crippen molar-refractivity contribution in [2.24, 2.45) is 0 Å². The highest BCUT2D eigenvalue weighted by molar-refractivity contribution is 5.78. The van der Waals surface area contributed by atoms with Crippen molar-refractivity contribution in [3.63, 3.8) is 0 Å². The van der Waals surface area contributed by atoms with Gasteiger partial charge in [0.2, 0.25) is 0 Å². The first-order chi connectivity index (χ1) is 11.1. The first-order valence-corrected chi connectivity index (χ1v) is 8.05. The lowest BCUT2D eigenvalue weighted by atomic mass is 10.2. The van der Waals surface area contributed by atoms with E-state index in [9.17, 15) is 9.59 Å². The third-order valence-corrected chi connectivity index (χ3v) is 3.85. The van der Waals surface area contributed by atoms with Crippen molar-refractivity contribution in [1.29, 1.82) is 0 Å². The molecule has 0 spiro atoms. The molecule has 0 radical (unpaired) electrons. The van der Waals surface area contributed by atoms with E-state index in [1.807, 2.05) is 24.3 Å². The van der Waals surface area contributed by atoms with Gasteiger partial charge in [0, 0.05) is 26.2 Å². The number of rotatable bonds is 5. The van der Waals surface area contributed by atoms with E-state index in [1.54, 1.807) is 16.7 Å². The Bertz CT molecular complexity index is 522. The summed E-state index contributed by atoms with van der Waals surface area (Å²) in [5.41, 5.74) is 1.23. The molecular formula is C17H24N2O4. The van der Waals surface area contributed by atoms with E-state index in [-0.39, 0.29) is 18.6 Å². The molecule has 0 saturated carbocycles. The molecule has 1 aromatic carbocycles. The Balaban J connectivity index is 1.75. The number of benzene rings is 1. The summed E-state index contributed by atoms with van der Waals surface area (Å²) in [6, 6.07) is 7.76. The van der Waals surface area contributed by atoms with Crippen LogP contribution in [0.5, 0.6) is 5.75 Å². The molecule has 2 rings (SSSR count). The topological polar surface area (TPSA) is 59.1 Å². The summed E-state index contributed by atoms with van der Waals surface area (Å²) in [7, 11) is 0. The maximum absolute atomic E-state index is 12.2. The van der Waals surface area contributed by atoms with Crippen LogP contribution in [0.25, 0.3) is 0 Å². The van der Waals surface area contributed by atoms with Gasteiger partial charge in [0.15, 0.2) is 6.61 Å². The van der Waals surface area contributed by atoms with Gasteiger partial charge in [-0.1, -0.05) is 19.1 Å². The molecule has 1 aliphatic rings. The van der Waals surface area contributed by atoms with Gasteiger partial charge in [-0.15, -0.1) is 0 Å². The van der Waals surface area contributed by atoms with Crippen molar-refractivity contribution in [1.82, 2.24) is 9.80 Å². The van der Waals surface area contributed by atoms with Crippen LogP contribution in [0.2, 0.25) is 0 Å². The molecule has 0 N–H and O–H groups in total. The normalized spacial score (nSPS) is 14.5. The summed E-state index contributed by atoms with van der Waals surface area (Å²) in [5.74, 6) is 0.633. The van der Waals surface area contributed by atoms with Gasteiger partial charge in [0.1, 0.15) is 5.75 Å². The van der Waals surface area contributed by atoms with Crippen LogP contribution in [0, 0.1) is 0 Å². The third kappa shape index (κ3) is 4.87. The van der Waals surface area contributed by atoms with E-state index < -0.39 is 0 Å². The van der Waals surface area contributed by atoms with Crippen LogP contribution < -0.4 is 4.74 Å². The number of aryl methyl sites for hydroxylation is 1. The van der Waals surface area contributed by atoms with Gasteiger partial charge < -0.3 is 19.3 Å². The SMILES string of the molecule is CCOC(=O)N1CCN(C(=O)COc2ccc(CC)cc2)CC1. The minimum atomic E-state index is -0.313. The number of ether oxygens (including phenoxy) is 2. The van der Waals surface area contributed by atoms with Crippen LogP contribution in [-0.2, 0) is 16.0 Å². The van der Waals surface area contributed by atoms with E-state index in [0.29, 0.717) is 38.5 Å². The van der Waals surface area contributed by atoms with Gasteiger partial charge in [-0.05, 0) is 31.0 Å². The average Bonchev–Trinajstić information content (AvgIpc) is 2.60. The van der Waals surface area contributed by atoms with Crippen LogP contribution in [0.15, 0.2) is 24.3 Å². The fourth-order valence-electron chi connectivity index (χ4n) is 2.41. The molecule has 0 aliphatic carbocycles. The second-order valence-electron chi connectivity index (χ2n) is 5.35. The Kier molecular flexibility index (Phi) is 6.26. The first kappa shape index (κ1) is 17.1. The van der Waals surface area contributed by atoms with E-state index in [1.165, 1.54) is 5.56 Å². The van der Waals surface area contributed by atoms with Gasteiger partial charge >= 0.3 is 6.09 Å². The molecule has 23 heavy (non-hydrogen) atoms. The number of piperazine rings is 1. The largest absolute Gasteiger partial charge is 0.484 e. The molecule has 0 unspecified atom stereocenters. The highest BCUT2D eigenvalue weighted by atomic mass is 16.6. The van der Waals surface area contributed by atoms with Gasteiger partial charge in [0.25, 0.3) is 5.91 Å². The highest BCUT2D eigenvalue weighted by Gasteiger charge is 2.24. The Labute approximate surface area is 137 Å². The predicted molar refractivity (Wildman–Crippen MR) is 86.5 cm³/mol. The number of amides is 2. The number of carbonyl (C=O) groups excluding carboxylic acids is 2. The van der Waals surface area contributed by atoms with Crippen LogP contribution in [0.1, 0.15) is 19.4 Å². The smallest absolute Gasteiger partial charge is 0.409 e. The quantitative estimate of drug-likeness (QED) is 0.832. The lowest BCUT2D eigenvalue weighted by Gasteiger charge is -2.33. The molecule has 0 bridgehead atoms. The molecular weight excluding hydrogens is 296 g/mol. The van der Waals surface area contributed by atoms with Crippen molar-refractivity contribution in [3.8, 4) is 5.75 Å². The zero-order valence-corrected chi connectivity index (χ0v) is 13.8. The van der Waals surface area contributed by atoms with Gasteiger partial charge in [0.05, 0.1) is 6.61 Å². The summed E-state index contributed by atoms with van der Waals surface area (Å²) in [4.78, 5) is 27.1. The Hall–Kier alpha value is -2.24. The molecule has 0 aromatic heterocycles.